The van der Waals surface area contributed by atoms with E-state index in [1.807, 2.05) is 13.8 Å². The summed E-state index contributed by atoms with van der Waals surface area (Å²) in [6.07, 6.45) is 0.268. The summed E-state index contributed by atoms with van der Waals surface area (Å²) in [6.45, 7) is 4.24. The topological polar surface area (TPSA) is 66.8 Å². The third-order valence-corrected chi connectivity index (χ3v) is 2.93. The zero-order valence-corrected chi connectivity index (χ0v) is 10.3. The van der Waals surface area contributed by atoms with E-state index in [9.17, 15) is 9.59 Å². The number of rotatable bonds is 2. The van der Waals surface area contributed by atoms with Crippen molar-refractivity contribution in [2.24, 2.45) is 0 Å². The minimum absolute atomic E-state index is 0.158. The van der Waals surface area contributed by atoms with E-state index < -0.39 is 17.7 Å². The van der Waals surface area contributed by atoms with Gasteiger partial charge in [0.25, 0.3) is 0 Å². The van der Waals surface area contributed by atoms with Crippen LogP contribution in [-0.2, 0) is 4.74 Å². The monoisotopic (exact) mass is 249 g/mol. The Hall–Kier alpha value is -2.04. The van der Waals surface area contributed by atoms with Gasteiger partial charge in [0.15, 0.2) is 0 Å². The van der Waals surface area contributed by atoms with Gasteiger partial charge >= 0.3 is 12.1 Å². The number of nitrogens with zero attached hydrogens (tertiary/aromatic N) is 1. The molecule has 0 atom stereocenters. The summed E-state index contributed by atoms with van der Waals surface area (Å²) in [7, 11) is 0. The van der Waals surface area contributed by atoms with E-state index in [1.165, 1.54) is 17.0 Å². The highest BCUT2D eigenvalue weighted by Gasteiger charge is 2.33. The molecule has 1 aliphatic rings. The number of ether oxygens (including phenoxy) is 1. The fourth-order valence-electron chi connectivity index (χ4n) is 1.86. The number of cyclic esters (lactones) is 1. The minimum Gasteiger partial charge on any atom is -0.478 e. The first-order chi connectivity index (χ1) is 8.39. The van der Waals surface area contributed by atoms with Crippen molar-refractivity contribution in [2.45, 2.75) is 25.9 Å². The van der Waals surface area contributed by atoms with Gasteiger partial charge in [0.2, 0.25) is 0 Å². The van der Waals surface area contributed by atoms with Gasteiger partial charge in [-0.1, -0.05) is 6.07 Å². The van der Waals surface area contributed by atoms with Gasteiger partial charge in [0.05, 0.1) is 5.56 Å². The van der Waals surface area contributed by atoms with Gasteiger partial charge in [-0.3, -0.25) is 4.90 Å². The maximum absolute atomic E-state index is 11.8. The van der Waals surface area contributed by atoms with Crippen LogP contribution < -0.4 is 4.90 Å². The first kappa shape index (κ1) is 12.4. The minimum atomic E-state index is -1.01. The van der Waals surface area contributed by atoms with Crippen LogP contribution in [0.15, 0.2) is 24.3 Å². The lowest BCUT2D eigenvalue weighted by atomic mass is 10.0. The SMILES string of the molecule is CC1(C)CCN(c2cccc(C(=O)O)c2)C(=O)O1. The van der Waals surface area contributed by atoms with Crippen LogP contribution in [0.2, 0.25) is 0 Å². The highest BCUT2D eigenvalue weighted by Crippen LogP contribution is 2.27. The molecule has 0 aliphatic carbocycles. The fraction of sp³-hybridized carbons (Fsp3) is 0.385. The summed E-state index contributed by atoms with van der Waals surface area (Å²) in [5.41, 5.74) is 0.249. The molecule has 1 saturated heterocycles. The van der Waals surface area contributed by atoms with Crippen LogP contribution in [0.1, 0.15) is 30.6 Å². The van der Waals surface area contributed by atoms with E-state index in [2.05, 4.69) is 0 Å². The molecule has 1 fully saturated rings. The largest absolute Gasteiger partial charge is 0.478 e. The second kappa shape index (κ2) is 4.33. The molecule has 2 rings (SSSR count). The molecule has 1 amide bonds. The summed E-state index contributed by atoms with van der Waals surface area (Å²) in [4.78, 5) is 24.2. The number of carbonyl (C=O) groups excluding carboxylic acids is 1. The third kappa shape index (κ3) is 2.45. The Morgan fingerprint density at radius 1 is 1.44 bits per heavy atom. The van der Waals surface area contributed by atoms with E-state index in [0.717, 1.165) is 0 Å². The maximum atomic E-state index is 11.8. The Kier molecular flexibility index (Phi) is 2.98. The molecule has 0 bridgehead atoms. The predicted molar refractivity (Wildman–Crippen MR) is 65.9 cm³/mol. The molecule has 0 unspecified atom stereocenters. The van der Waals surface area contributed by atoms with Gasteiger partial charge in [0.1, 0.15) is 5.60 Å². The van der Waals surface area contributed by atoms with Crippen molar-refractivity contribution in [3.63, 3.8) is 0 Å². The molecule has 0 aromatic heterocycles. The van der Waals surface area contributed by atoms with Gasteiger partial charge in [-0.05, 0) is 32.0 Å². The molecular weight excluding hydrogens is 234 g/mol. The molecule has 0 spiro atoms. The van der Waals surface area contributed by atoms with Gasteiger partial charge in [0, 0.05) is 18.7 Å². The molecule has 1 aliphatic heterocycles. The number of carboxylic acid groups (broad SMARTS) is 1. The van der Waals surface area contributed by atoms with Gasteiger partial charge in [-0.25, -0.2) is 9.59 Å². The number of anilines is 1. The number of hydrogen-bond acceptors (Lipinski definition) is 3. The second-order valence-electron chi connectivity index (χ2n) is 4.88. The van der Waals surface area contributed by atoms with Crippen LogP contribution in [0.4, 0.5) is 10.5 Å². The number of hydrogen-bond donors (Lipinski definition) is 1. The normalized spacial score (nSPS) is 18.3. The molecule has 0 saturated carbocycles. The Morgan fingerprint density at radius 3 is 2.78 bits per heavy atom. The maximum Gasteiger partial charge on any atom is 0.414 e. The standard InChI is InChI=1S/C13H15NO4/c1-13(2)6-7-14(12(17)18-13)10-5-3-4-9(8-10)11(15)16/h3-5,8H,6-7H2,1-2H3,(H,15,16). The molecule has 1 N–H and O–H groups in total. The van der Waals surface area contributed by atoms with Crippen LogP contribution in [0, 0.1) is 0 Å². The van der Waals surface area contributed by atoms with Crippen molar-refractivity contribution in [1.82, 2.24) is 0 Å². The lowest BCUT2D eigenvalue weighted by Gasteiger charge is -2.36. The van der Waals surface area contributed by atoms with Crippen molar-refractivity contribution < 1.29 is 19.4 Å². The number of benzene rings is 1. The Morgan fingerprint density at radius 2 is 2.17 bits per heavy atom. The zero-order chi connectivity index (χ0) is 13.3. The van der Waals surface area contributed by atoms with Crippen LogP contribution in [0.3, 0.4) is 0 Å². The lowest BCUT2D eigenvalue weighted by molar-refractivity contribution is 0.0236. The van der Waals surface area contributed by atoms with Crippen molar-refractivity contribution in [3.05, 3.63) is 29.8 Å². The van der Waals surface area contributed by atoms with Gasteiger partial charge in [-0.15, -0.1) is 0 Å². The highest BCUT2D eigenvalue weighted by molar-refractivity contribution is 5.93. The van der Waals surface area contributed by atoms with E-state index in [1.54, 1.807) is 12.1 Å². The van der Waals surface area contributed by atoms with Crippen molar-refractivity contribution in [2.75, 3.05) is 11.4 Å². The second-order valence-corrected chi connectivity index (χ2v) is 4.88. The van der Waals surface area contributed by atoms with Crippen LogP contribution in [0.25, 0.3) is 0 Å². The van der Waals surface area contributed by atoms with E-state index in [0.29, 0.717) is 18.7 Å². The molecule has 1 heterocycles. The summed E-state index contributed by atoms with van der Waals surface area (Å²) >= 11 is 0. The molecule has 1 aromatic carbocycles. The molecule has 5 heteroatoms. The highest BCUT2D eigenvalue weighted by atomic mass is 16.6. The average molecular weight is 249 g/mol. The predicted octanol–water partition coefficient (Wildman–Crippen LogP) is 2.51. The summed E-state index contributed by atoms with van der Waals surface area (Å²) in [5.74, 6) is -1.01. The first-order valence-electron chi connectivity index (χ1n) is 5.73. The molecule has 5 nitrogen and oxygen atoms in total. The van der Waals surface area contributed by atoms with Crippen LogP contribution in [0.5, 0.6) is 0 Å². The molecule has 18 heavy (non-hydrogen) atoms. The van der Waals surface area contributed by atoms with E-state index in [-0.39, 0.29) is 5.56 Å². The fourth-order valence-corrected chi connectivity index (χ4v) is 1.86. The van der Waals surface area contributed by atoms with Crippen molar-refractivity contribution >= 4 is 17.7 Å². The van der Waals surface area contributed by atoms with Crippen molar-refractivity contribution in [3.8, 4) is 0 Å². The number of aromatic carboxylic acids is 1. The summed E-state index contributed by atoms with van der Waals surface area (Å²) < 4.78 is 5.28. The Balaban J connectivity index is 2.25. The van der Waals surface area contributed by atoms with Crippen LogP contribution in [-0.4, -0.2) is 29.3 Å². The summed E-state index contributed by atoms with van der Waals surface area (Å²) in [5, 5.41) is 8.92. The van der Waals surface area contributed by atoms with Gasteiger partial charge < -0.3 is 9.84 Å². The van der Waals surface area contributed by atoms with E-state index >= 15 is 0 Å². The Labute approximate surface area is 105 Å². The van der Waals surface area contributed by atoms with E-state index in [4.69, 9.17) is 9.84 Å². The van der Waals surface area contributed by atoms with Crippen LogP contribution >= 0.6 is 0 Å². The quantitative estimate of drug-likeness (QED) is 0.874. The molecule has 0 radical (unpaired) electrons. The number of carboxylic acids is 1. The van der Waals surface area contributed by atoms with Gasteiger partial charge in [-0.2, -0.15) is 0 Å². The number of carbonyl (C=O) groups is 2. The molecular formula is C13H15NO4. The van der Waals surface area contributed by atoms with Crippen molar-refractivity contribution in [1.29, 1.82) is 0 Å². The number of amides is 1. The smallest absolute Gasteiger partial charge is 0.414 e. The first-order valence-corrected chi connectivity index (χ1v) is 5.73. The third-order valence-electron chi connectivity index (χ3n) is 2.93. The molecule has 96 valence electrons. The Bertz CT molecular complexity index is 496. The zero-order valence-electron chi connectivity index (χ0n) is 10.3. The lowest BCUT2D eigenvalue weighted by Crippen LogP contribution is -2.46. The summed E-state index contributed by atoms with van der Waals surface area (Å²) in [6, 6.07) is 6.28. The molecule has 1 aromatic rings. The average Bonchev–Trinajstić information content (AvgIpc) is 2.28.